The Hall–Kier alpha value is -4.39. The van der Waals surface area contributed by atoms with Gasteiger partial charge in [0.05, 0.1) is 30.4 Å². The van der Waals surface area contributed by atoms with E-state index in [2.05, 4.69) is 34.5 Å². The zero-order chi connectivity index (χ0) is 34.0. The number of anilines is 2. The summed E-state index contributed by atoms with van der Waals surface area (Å²) in [6.45, 7) is 8.18. The molecule has 0 saturated heterocycles. The molecule has 3 aromatic rings. The summed E-state index contributed by atoms with van der Waals surface area (Å²) in [5.41, 5.74) is 2.41. The van der Waals surface area contributed by atoms with Gasteiger partial charge in [0, 0.05) is 62.0 Å². The molecular formula is C36H47N5O7. The Kier molecular flexibility index (Phi) is 12.1. The summed E-state index contributed by atoms with van der Waals surface area (Å²) >= 11 is 0. The lowest BCUT2D eigenvalue weighted by atomic mass is 10.0. The lowest BCUT2D eigenvalue weighted by molar-refractivity contribution is -0.0177. The summed E-state index contributed by atoms with van der Waals surface area (Å²) in [5, 5.41) is 15.9. The van der Waals surface area contributed by atoms with E-state index in [9.17, 15) is 14.7 Å². The number of carbonyl (C=O) groups excluding carboxylic acids is 2. The van der Waals surface area contributed by atoms with Gasteiger partial charge in [-0.25, -0.2) is 4.79 Å². The van der Waals surface area contributed by atoms with Crippen molar-refractivity contribution in [1.82, 2.24) is 14.8 Å². The second-order valence-corrected chi connectivity index (χ2v) is 12.7. The molecule has 2 aromatic carbocycles. The average Bonchev–Trinajstić information content (AvgIpc) is 3.54. The summed E-state index contributed by atoms with van der Waals surface area (Å²) in [7, 11) is 2.06. The fourth-order valence-corrected chi connectivity index (χ4v) is 5.90. The van der Waals surface area contributed by atoms with E-state index in [1.54, 1.807) is 53.7 Å². The number of amides is 3. The van der Waals surface area contributed by atoms with Gasteiger partial charge in [-0.3, -0.25) is 14.7 Å². The van der Waals surface area contributed by atoms with Crippen molar-refractivity contribution in [3.05, 3.63) is 72.1 Å². The molecule has 48 heavy (non-hydrogen) atoms. The maximum absolute atomic E-state index is 14.4. The maximum Gasteiger partial charge on any atom is 0.323 e. The molecule has 12 nitrogen and oxygen atoms in total. The molecule has 2 aliphatic heterocycles. The molecule has 0 saturated carbocycles. The lowest BCUT2D eigenvalue weighted by Crippen LogP contribution is -2.47. The first kappa shape index (κ1) is 34.9. The summed E-state index contributed by atoms with van der Waals surface area (Å²) < 4.78 is 23.6. The largest absolute Gasteiger partial charge is 0.490 e. The standard InChI is InChI=1S/C36H47N5O7/c1-24-19-41(25(2)22-42)35(43)30-17-28(38-36(44)39-29-9-11-32-33(18-29)47-23-46-32)8-10-31(30)48-26(3)7-5-6-16-45-34(24)21-40(4)20-27-12-14-37-15-13-27/h8-15,17-18,24-26,34,42H,5-7,16,19-23H2,1-4H3,(H2,38,39,44)/t24-,25+,26-,34-/m0/s1. The number of hydrogen-bond donors (Lipinski definition) is 3. The van der Waals surface area contributed by atoms with Gasteiger partial charge in [-0.15, -0.1) is 0 Å². The number of likely N-dealkylation sites (N-methyl/N-ethyl adjacent to an activating group) is 1. The molecular weight excluding hydrogens is 614 g/mol. The number of ether oxygens (including phenoxy) is 4. The van der Waals surface area contributed by atoms with Crippen molar-refractivity contribution in [1.29, 1.82) is 0 Å². The van der Waals surface area contributed by atoms with Gasteiger partial charge in [0.25, 0.3) is 5.91 Å². The molecule has 0 fully saturated rings. The zero-order valence-electron chi connectivity index (χ0n) is 28.2. The fourth-order valence-electron chi connectivity index (χ4n) is 5.90. The van der Waals surface area contributed by atoms with Crippen LogP contribution in [-0.4, -0.2) is 90.2 Å². The minimum atomic E-state index is -0.485. The van der Waals surface area contributed by atoms with Crippen LogP contribution in [0.1, 0.15) is 56.0 Å². The Morgan fingerprint density at radius 3 is 2.48 bits per heavy atom. The van der Waals surface area contributed by atoms with Crippen LogP contribution in [0.5, 0.6) is 17.2 Å². The SMILES string of the molecule is C[C@H](CO)N1C[C@H](C)[C@H](CN(C)Cc2ccncc2)OCCCC[C@H](C)Oc2ccc(NC(=O)Nc3ccc4c(c3)OCO4)cc2C1=O. The van der Waals surface area contributed by atoms with Crippen LogP contribution in [0.3, 0.4) is 0 Å². The number of aliphatic hydroxyl groups excluding tert-OH is 1. The van der Waals surface area contributed by atoms with E-state index in [1.165, 1.54) is 0 Å². The van der Waals surface area contributed by atoms with E-state index in [4.69, 9.17) is 18.9 Å². The first-order valence-corrected chi connectivity index (χ1v) is 16.6. The molecule has 4 atom stereocenters. The molecule has 0 radical (unpaired) electrons. The highest BCUT2D eigenvalue weighted by molar-refractivity contribution is 6.02. The van der Waals surface area contributed by atoms with E-state index < -0.39 is 12.1 Å². The Morgan fingerprint density at radius 2 is 1.73 bits per heavy atom. The second-order valence-electron chi connectivity index (χ2n) is 12.7. The quantitative estimate of drug-likeness (QED) is 0.291. The molecule has 0 bridgehead atoms. The van der Waals surface area contributed by atoms with Crippen molar-refractivity contribution in [2.45, 2.75) is 64.8 Å². The van der Waals surface area contributed by atoms with Gasteiger partial charge in [-0.05, 0) is 88.2 Å². The number of nitrogens with one attached hydrogen (secondary N) is 2. The highest BCUT2D eigenvalue weighted by atomic mass is 16.7. The number of benzene rings is 2. The number of hydrogen-bond acceptors (Lipinski definition) is 9. The Morgan fingerprint density at radius 1 is 1.02 bits per heavy atom. The molecule has 3 amide bonds. The zero-order valence-corrected chi connectivity index (χ0v) is 28.2. The minimum Gasteiger partial charge on any atom is -0.490 e. The van der Waals surface area contributed by atoms with Crippen LogP contribution in [0, 0.1) is 5.92 Å². The molecule has 258 valence electrons. The Balaban J connectivity index is 1.36. The van der Waals surface area contributed by atoms with Crippen molar-refractivity contribution in [3.63, 3.8) is 0 Å². The molecule has 3 N–H and O–H groups in total. The van der Waals surface area contributed by atoms with Gasteiger partial charge in [0.1, 0.15) is 5.75 Å². The minimum absolute atomic E-state index is 0.0529. The average molecular weight is 662 g/mol. The fraction of sp³-hybridized carbons (Fsp3) is 0.472. The summed E-state index contributed by atoms with van der Waals surface area (Å²) in [6, 6.07) is 13.3. The van der Waals surface area contributed by atoms with Crippen molar-refractivity contribution < 1.29 is 33.6 Å². The van der Waals surface area contributed by atoms with Gasteiger partial charge in [-0.2, -0.15) is 0 Å². The number of rotatable bonds is 8. The number of nitrogens with zero attached hydrogens (tertiary/aromatic N) is 3. The van der Waals surface area contributed by atoms with E-state index in [0.717, 1.165) is 31.4 Å². The van der Waals surface area contributed by atoms with Crippen molar-refractivity contribution in [3.8, 4) is 17.2 Å². The smallest absolute Gasteiger partial charge is 0.323 e. The lowest BCUT2D eigenvalue weighted by Gasteiger charge is -2.36. The first-order valence-electron chi connectivity index (χ1n) is 16.6. The molecule has 12 heteroatoms. The number of carbonyl (C=O) groups is 2. The van der Waals surface area contributed by atoms with Gasteiger partial charge in [0.15, 0.2) is 11.5 Å². The predicted octanol–water partition coefficient (Wildman–Crippen LogP) is 5.38. The molecule has 0 unspecified atom stereocenters. The number of pyridine rings is 1. The Labute approximate surface area is 282 Å². The van der Waals surface area contributed by atoms with Crippen LogP contribution >= 0.6 is 0 Å². The highest BCUT2D eigenvalue weighted by Crippen LogP contribution is 2.34. The van der Waals surface area contributed by atoms with Crippen LogP contribution in [0.4, 0.5) is 16.2 Å². The molecule has 5 rings (SSSR count). The number of aromatic nitrogens is 1. The predicted molar refractivity (Wildman–Crippen MR) is 183 cm³/mol. The second kappa shape index (κ2) is 16.6. The van der Waals surface area contributed by atoms with Crippen LogP contribution in [0.2, 0.25) is 0 Å². The maximum atomic E-state index is 14.4. The monoisotopic (exact) mass is 661 g/mol. The van der Waals surface area contributed by atoms with Crippen LogP contribution in [-0.2, 0) is 11.3 Å². The van der Waals surface area contributed by atoms with E-state index in [-0.39, 0.29) is 37.4 Å². The molecule has 2 aliphatic rings. The summed E-state index contributed by atoms with van der Waals surface area (Å²) in [4.78, 5) is 35.4. The van der Waals surface area contributed by atoms with Gasteiger partial charge in [0.2, 0.25) is 6.79 Å². The van der Waals surface area contributed by atoms with Crippen LogP contribution < -0.4 is 24.8 Å². The number of urea groups is 1. The van der Waals surface area contributed by atoms with Crippen LogP contribution in [0.25, 0.3) is 0 Å². The van der Waals surface area contributed by atoms with Gasteiger partial charge < -0.3 is 39.6 Å². The third-order valence-electron chi connectivity index (χ3n) is 8.63. The molecule has 0 spiro atoms. The van der Waals surface area contributed by atoms with Crippen molar-refractivity contribution in [2.24, 2.45) is 5.92 Å². The normalized spacial score (nSPS) is 20.8. The van der Waals surface area contributed by atoms with E-state index in [0.29, 0.717) is 53.9 Å². The van der Waals surface area contributed by atoms with Crippen molar-refractivity contribution >= 4 is 23.3 Å². The van der Waals surface area contributed by atoms with E-state index in [1.807, 2.05) is 26.0 Å². The Bertz CT molecular complexity index is 1520. The first-order chi connectivity index (χ1) is 23.2. The summed E-state index contributed by atoms with van der Waals surface area (Å²) in [5.74, 6) is 1.25. The highest BCUT2D eigenvalue weighted by Gasteiger charge is 2.30. The third kappa shape index (κ3) is 9.36. The number of fused-ring (bicyclic) bond motifs is 2. The van der Waals surface area contributed by atoms with Gasteiger partial charge in [-0.1, -0.05) is 6.92 Å². The molecule has 0 aliphatic carbocycles. The van der Waals surface area contributed by atoms with Crippen LogP contribution in [0.15, 0.2) is 60.9 Å². The van der Waals surface area contributed by atoms with Gasteiger partial charge >= 0.3 is 6.03 Å². The third-order valence-corrected chi connectivity index (χ3v) is 8.63. The van der Waals surface area contributed by atoms with E-state index >= 15 is 0 Å². The van der Waals surface area contributed by atoms with Crippen molar-refractivity contribution in [2.75, 3.05) is 50.8 Å². The summed E-state index contributed by atoms with van der Waals surface area (Å²) in [6.07, 6.45) is 5.85. The molecule has 3 heterocycles. The molecule has 1 aromatic heterocycles. The topological polar surface area (TPSA) is 135 Å². The number of aliphatic hydroxyl groups is 1.